The van der Waals surface area contributed by atoms with Gasteiger partial charge in [0.25, 0.3) is 23.6 Å². The van der Waals surface area contributed by atoms with Crippen LogP contribution in [0.2, 0.25) is 0 Å². The van der Waals surface area contributed by atoms with Crippen molar-refractivity contribution in [1.82, 2.24) is 10.1 Å². The van der Waals surface area contributed by atoms with Gasteiger partial charge in [0, 0.05) is 25.7 Å². The first-order chi connectivity index (χ1) is 19.7. The van der Waals surface area contributed by atoms with Crippen LogP contribution in [-0.4, -0.2) is 110 Å². The first-order valence-electron chi connectivity index (χ1n) is 12.8. The van der Waals surface area contributed by atoms with Crippen LogP contribution in [-0.2, 0) is 71.7 Å². The third-order valence-corrected chi connectivity index (χ3v) is 5.19. The molecule has 0 atom stereocenters. The predicted molar refractivity (Wildman–Crippen MR) is 127 cm³/mol. The highest BCUT2D eigenvalue weighted by atomic mass is 16.7. The van der Waals surface area contributed by atoms with Crippen molar-refractivity contribution in [2.75, 3.05) is 52.9 Å². The van der Waals surface area contributed by atoms with Gasteiger partial charge >= 0.3 is 23.9 Å². The molecule has 0 unspecified atom stereocenters. The Hall–Kier alpha value is -3.96. The van der Waals surface area contributed by atoms with E-state index in [-0.39, 0.29) is 104 Å². The van der Waals surface area contributed by atoms with Gasteiger partial charge in [-0.05, 0) is 0 Å². The molecule has 0 radical (unpaired) electrons. The van der Waals surface area contributed by atoms with Crippen molar-refractivity contribution in [3.05, 3.63) is 0 Å². The molecule has 0 aromatic rings. The van der Waals surface area contributed by atoms with Crippen molar-refractivity contribution in [3.63, 3.8) is 0 Å². The minimum Gasteiger partial charge on any atom is -0.463 e. The van der Waals surface area contributed by atoms with Gasteiger partial charge < -0.3 is 33.4 Å². The summed E-state index contributed by atoms with van der Waals surface area (Å²) in [6.07, 6.45) is -1.34. The highest BCUT2D eigenvalue weighted by molar-refractivity contribution is 6.02. The fourth-order valence-corrected chi connectivity index (χ4v) is 3.13. The third kappa shape index (κ3) is 13.3. The summed E-state index contributed by atoms with van der Waals surface area (Å²) in [5, 5.41) is 0.819. The molecule has 0 saturated carbocycles. The van der Waals surface area contributed by atoms with Crippen molar-refractivity contribution in [3.8, 4) is 0 Å². The Morgan fingerprint density at radius 3 is 1.02 bits per heavy atom. The van der Waals surface area contributed by atoms with E-state index in [2.05, 4.69) is 9.68 Å². The van der Waals surface area contributed by atoms with E-state index in [0.29, 0.717) is 10.1 Å². The second kappa shape index (κ2) is 18.4. The van der Waals surface area contributed by atoms with E-state index >= 15 is 0 Å². The standard InChI is InChI=1S/C24H32N2O15/c27-17-1-2-18(28)25(17)40-23(33)7-5-21(31)38-15-13-36-11-9-35-10-12-37-14-16-39-22(32)6-8-24(34)41-26-19(29)3-4-20(26)30/h1-16H2. The van der Waals surface area contributed by atoms with Gasteiger partial charge in [0.15, 0.2) is 0 Å². The van der Waals surface area contributed by atoms with Gasteiger partial charge in [0.05, 0.1) is 65.3 Å². The monoisotopic (exact) mass is 588 g/mol. The summed E-state index contributed by atoms with van der Waals surface area (Å²) in [7, 11) is 0. The molecule has 17 nitrogen and oxygen atoms in total. The first kappa shape index (κ1) is 33.2. The molecule has 2 aliphatic heterocycles. The molecule has 0 spiro atoms. The number of carbonyl (C=O) groups is 8. The Morgan fingerprint density at radius 1 is 0.439 bits per heavy atom. The van der Waals surface area contributed by atoms with E-state index in [1.807, 2.05) is 0 Å². The predicted octanol–water partition coefficient (Wildman–Crippen LogP) is -1.10. The maximum Gasteiger partial charge on any atom is 0.333 e. The maximum absolute atomic E-state index is 11.6. The topological polar surface area (TPSA) is 208 Å². The van der Waals surface area contributed by atoms with Crippen LogP contribution in [0.4, 0.5) is 0 Å². The van der Waals surface area contributed by atoms with E-state index < -0.39 is 47.5 Å². The molecule has 17 heteroatoms. The SMILES string of the molecule is O=C(CCC(=O)ON1C(=O)CCC1=O)OCCOCCOCCOCCOC(=O)CCC(=O)ON1C(=O)CCC1=O. The highest BCUT2D eigenvalue weighted by Crippen LogP contribution is 2.14. The molecule has 0 aromatic heterocycles. The Balaban J connectivity index is 1.32. The molecular weight excluding hydrogens is 556 g/mol. The molecule has 0 N–H and O–H groups in total. The second-order valence-corrected chi connectivity index (χ2v) is 8.37. The molecule has 2 aliphatic rings. The fraction of sp³-hybridized carbons (Fsp3) is 0.667. The summed E-state index contributed by atoms with van der Waals surface area (Å²) >= 11 is 0. The quantitative estimate of drug-likeness (QED) is 0.0939. The van der Waals surface area contributed by atoms with Crippen molar-refractivity contribution >= 4 is 47.5 Å². The Bertz CT molecular complexity index is 874. The smallest absolute Gasteiger partial charge is 0.333 e. The van der Waals surface area contributed by atoms with Crippen molar-refractivity contribution in [1.29, 1.82) is 0 Å². The molecule has 0 bridgehead atoms. The second-order valence-electron chi connectivity index (χ2n) is 8.37. The van der Waals surface area contributed by atoms with Crippen molar-refractivity contribution in [2.24, 2.45) is 0 Å². The van der Waals surface area contributed by atoms with Crippen LogP contribution in [0.1, 0.15) is 51.4 Å². The van der Waals surface area contributed by atoms with E-state index in [0.717, 1.165) is 0 Å². The molecule has 2 fully saturated rings. The summed E-state index contributed by atoms with van der Waals surface area (Å²) in [4.78, 5) is 101. The number of esters is 2. The summed E-state index contributed by atoms with van der Waals surface area (Å²) in [6.45, 7) is 1.06. The number of rotatable bonds is 20. The molecule has 0 aromatic carbocycles. The van der Waals surface area contributed by atoms with Crippen LogP contribution >= 0.6 is 0 Å². The van der Waals surface area contributed by atoms with Crippen LogP contribution in [0.3, 0.4) is 0 Å². The lowest BCUT2D eigenvalue weighted by atomic mass is 10.3. The molecular formula is C24H32N2O15. The lowest BCUT2D eigenvalue weighted by molar-refractivity contribution is -0.197. The fourth-order valence-electron chi connectivity index (χ4n) is 3.13. The number of amides is 4. The van der Waals surface area contributed by atoms with Gasteiger partial charge in [0.2, 0.25) is 0 Å². The first-order valence-corrected chi connectivity index (χ1v) is 12.8. The lowest BCUT2D eigenvalue weighted by Gasteiger charge is -2.12. The maximum atomic E-state index is 11.6. The number of hydrogen-bond donors (Lipinski definition) is 0. The van der Waals surface area contributed by atoms with Gasteiger partial charge in [-0.3, -0.25) is 28.8 Å². The highest BCUT2D eigenvalue weighted by Gasteiger charge is 2.33. The number of carbonyl (C=O) groups excluding carboxylic acids is 8. The van der Waals surface area contributed by atoms with Crippen molar-refractivity contribution in [2.45, 2.75) is 51.4 Å². The molecule has 228 valence electrons. The third-order valence-electron chi connectivity index (χ3n) is 5.19. The summed E-state index contributed by atoms with van der Waals surface area (Å²) in [5.41, 5.74) is 0. The van der Waals surface area contributed by atoms with Crippen LogP contribution in [0.5, 0.6) is 0 Å². The number of hydrogen-bond acceptors (Lipinski definition) is 15. The van der Waals surface area contributed by atoms with Gasteiger partial charge in [-0.15, -0.1) is 10.1 Å². The zero-order chi connectivity index (χ0) is 30.0. The van der Waals surface area contributed by atoms with Crippen LogP contribution in [0.25, 0.3) is 0 Å². The molecule has 2 saturated heterocycles. The normalized spacial score (nSPS) is 14.9. The van der Waals surface area contributed by atoms with E-state index in [1.54, 1.807) is 0 Å². The molecule has 4 amide bonds. The van der Waals surface area contributed by atoms with Crippen molar-refractivity contribution < 1.29 is 71.7 Å². The number of ether oxygens (including phenoxy) is 5. The number of hydroxylamine groups is 4. The molecule has 41 heavy (non-hydrogen) atoms. The van der Waals surface area contributed by atoms with Gasteiger partial charge in [-0.1, -0.05) is 0 Å². The van der Waals surface area contributed by atoms with Gasteiger partial charge in [0.1, 0.15) is 13.2 Å². The average Bonchev–Trinajstić information content (AvgIpc) is 3.43. The Labute approximate surface area is 234 Å². The lowest BCUT2D eigenvalue weighted by Crippen LogP contribution is -2.32. The zero-order valence-electron chi connectivity index (χ0n) is 22.3. The van der Waals surface area contributed by atoms with Gasteiger partial charge in [-0.2, -0.15) is 0 Å². The van der Waals surface area contributed by atoms with Crippen LogP contribution in [0.15, 0.2) is 0 Å². The minimum absolute atomic E-state index is 0.0200. The number of imide groups is 2. The Morgan fingerprint density at radius 2 is 0.707 bits per heavy atom. The van der Waals surface area contributed by atoms with Crippen LogP contribution in [0, 0.1) is 0 Å². The molecule has 0 aliphatic carbocycles. The van der Waals surface area contributed by atoms with E-state index in [9.17, 15) is 38.4 Å². The summed E-state index contributed by atoms with van der Waals surface area (Å²) in [5.74, 6) is -5.53. The Kier molecular flexibility index (Phi) is 14.9. The zero-order valence-corrected chi connectivity index (χ0v) is 22.3. The number of nitrogens with zero attached hydrogens (tertiary/aromatic N) is 2. The van der Waals surface area contributed by atoms with Crippen LogP contribution < -0.4 is 0 Å². The van der Waals surface area contributed by atoms with E-state index in [1.165, 1.54) is 0 Å². The minimum atomic E-state index is -0.892. The average molecular weight is 589 g/mol. The summed E-state index contributed by atoms with van der Waals surface area (Å²) in [6, 6.07) is 0. The largest absolute Gasteiger partial charge is 0.463 e. The molecule has 2 rings (SSSR count). The summed E-state index contributed by atoms with van der Waals surface area (Å²) < 4.78 is 25.6. The van der Waals surface area contributed by atoms with Gasteiger partial charge in [-0.25, -0.2) is 9.59 Å². The molecule has 2 heterocycles. The van der Waals surface area contributed by atoms with E-state index in [4.69, 9.17) is 23.7 Å².